The molecule has 0 aliphatic carbocycles. The van der Waals surface area contributed by atoms with E-state index in [0.717, 1.165) is 64.6 Å². The van der Waals surface area contributed by atoms with Crippen molar-refractivity contribution in [2.24, 2.45) is 0 Å². The fourth-order valence-electron chi connectivity index (χ4n) is 9.29. The Morgan fingerprint density at radius 3 is 1.06 bits per heavy atom. The van der Waals surface area contributed by atoms with E-state index in [4.69, 9.17) is 4.74 Å². The Bertz CT molecular complexity index is 1800. The fourth-order valence-corrected chi connectivity index (χ4v) is 9.29. The topological polar surface area (TPSA) is 87.0 Å². The minimum Gasteiger partial charge on any atom is -0.507 e. The lowest BCUT2D eigenvalue weighted by molar-refractivity contribution is -0.158. The molecule has 0 heterocycles. The van der Waals surface area contributed by atoms with Gasteiger partial charge in [0.2, 0.25) is 0 Å². The molecule has 5 heteroatoms. The Labute approximate surface area is 386 Å². The van der Waals surface area contributed by atoms with Crippen LogP contribution in [0.1, 0.15) is 256 Å². The summed E-state index contributed by atoms with van der Waals surface area (Å²) in [5.41, 5.74) is 4.35. The smallest absolute Gasteiger partial charge is 0.307 e. The maximum Gasteiger partial charge on any atom is 0.307 e. The number of phenols is 3. The average molecular weight is 869 g/mol. The van der Waals surface area contributed by atoms with Crippen LogP contribution in [0.2, 0.25) is 0 Å². The molecule has 0 saturated carbocycles. The first-order valence-electron chi connectivity index (χ1n) is 25.0. The third-order valence-electron chi connectivity index (χ3n) is 13.1. The van der Waals surface area contributed by atoms with Crippen molar-refractivity contribution in [3.63, 3.8) is 0 Å². The average Bonchev–Trinajstić information content (AvgIpc) is 3.16. The van der Waals surface area contributed by atoms with Gasteiger partial charge in [0.15, 0.2) is 5.60 Å². The van der Waals surface area contributed by atoms with Crippen LogP contribution in [0, 0.1) is 13.8 Å². The molecule has 0 atom stereocenters. The van der Waals surface area contributed by atoms with E-state index in [2.05, 4.69) is 90.0 Å². The third kappa shape index (κ3) is 15.6. The highest BCUT2D eigenvalue weighted by atomic mass is 16.6. The Morgan fingerprint density at radius 1 is 0.444 bits per heavy atom. The van der Waals surface area contributed by atoms with Crippen LogP contribution in [0.4, 0.5) is 0 Å². The van der Waals surface area contributed by atoms with E-state index < -0.39 is 22.4 Å². The fraction of sp³-hybridized carbons (Fsp3) is 0.672. The molecule has 0 amide bonds. The summed E-state index contributed by atoms with van der Waals surface area (Å²) in [6, 6.07) is 12.1. The van der Waals surface area contributed by atoms with E-state index in [9.17, 15) is 20.1 Å². The molecule has 354 valence electrons. The molecule has 0 aromatic heterocycles. The maximum absolute atomic E-state index is 14.7. The van der Waals surface area contributed by atoms with Gasteiger partial charge in [-0.05, 0) is 94.7 Å². The second-order valence-corrected chi connectivity index (χ2v) is 23.3. The van der Waals surface area contributed by atoms with Gasteiger partial charge in [0.25, 0.3) is 0 Å². The predicted molar refractivity (Wildman–Crippen MR) is 268 cm³/mol. The third-order valence-corrected chi connectivity index (χ3v) is 13.1. The molecule has 0 spiro atoms. The van der Waals surface area contributed by atoms with Gasteiger partial charge in [-0.2, -0.15) is 0 Å². The summed E-state index contributed by atoms with van der Waals surface area (Å²) in [4.78, 5) is 14.7. The predicted octanol–water partition coefficient (Wildman–Crippen LogP) is 16.7. The van der Waals surface area contributed by atoms with E-state index in [1.807, 2.05) is 50.2 Å². The summed E-state index contributed by atoms with van der Waals surface area (Å²) in [5.74, 6) is 0.136. The van der Waals surface area contributed by atoms with E-state index in [-0.39, 0.29) is 28.7 Å². The van der Waals surface area contributed by atoms with Crippen LogP contribution in [0.3, 0.4) is 0 Å². The number of carbonyl (C=O) groups excluding carboxylic acids is 1. The van der Waals surface area contributed by atoms with E-state index >= 15 is 0 Å². The van der Waals surface area contributed by atoms with Crippen LogP contribution in [-0.2, 0) is 43.2 Å². The second kappa shape index (κ2) is 23.1. The van der Waals surface area contributed by atoms with Gasteiger partial charge in [0.1, 0.15) is 17.2 Å². The molecule has 0 radical (unpaired) electrons. The SMILES string of the molecule is CCCCCCCCCCCCCCCCCCC(OC(=O)CCc1cc(C(C)(C)C)c(O)c(C(C)(C)C)c1)(c1cc(C)cc(C(C)(C)C)c1O)c1cc(C)cc(C(C)(C)C)c1O. The Morgan fingerprint density at radius 2 is 0.730 bits per heavy atom. The lowest BCUT2D eigenvalue weighted by Gasteiger charge is -2.38. The zero-order chi connectivity index (χ0) is 47.4. The van der Waals surface area contributed by atoms with Gasteiger partial charge < -0.3 is 20.1 Å². The quantitative estimate of drug-likeness (QED) is 0.0653. The molecular weight excluding hydrogens is 777 g/mol. The van der Waals surface area contributed by atoms with Crippen LogP contribution in [0.25, 0.3) is 0 Å². The van der Waals surface area contributed by atoms with E-state index in [1.54, 1.807) is 0 Å². The molecular formula is C58H92O5. The molecule has 3 N–H and O–H groups in total. The van der Waals surface area contributed by atoms with Crippen LogP contribution in [0.5, 0.6) is 17.2 Å². The molecule has 0 bridgehead atoms. The Kier molecular flexibility index (Phi) is 19.8. The molecule has 3 aromatic rings. The van der Waals surface area contributed by atoms with Crippen LogP contribution < -0.4 is 0 Å². The van der Waals surface area contributed by atoms with Crippen molar-refractivity contribution in [3.05, 3.63) is 86.5 Å². The first-order chi connectivity index (χ1) is 29.2. The van der Waals surface area contributed by atoms with Crippen LogP contribution in [0.15, 0.2) is 36.4 Å². The number of hydrogen-bond acceptors (Lipinski definition) is 5. The molecule has 0 unspecified atom stereocenters. The zero-order valence-electron chi connectivity index (χ0n) is 43.1. The largest absolute Gasteiger partial charge is 0.507 e. The number of aromatic hydroxyl groups is 3. The minimum absolute atomic E-state index is 0.0933. The Balaban J connectivity index is 2.01. The van der Waals surface area contributed by atoms with Gasteiger partial charge in [-0.1, -0.05) is 222 Å². The first-order valence-corrected chi connectivity index (χ1v) is 25.0. The summed E-state index contributed by atoms with van der Waals surface area (Å²) in [5, 5.41) is 36.3. The van der Waals surface area contributed by atoms with E-state index in [1.165, 1.54) is 77.0 Å². The number of phenolic OH excluding ortho intramolecular Hbond substituents is 3. The molecule has 0 saturated heterocycles. The number of ether oxygens (including phenoxy) is 1. The highest BCUT2D eigenvalue weighted by Crippen LogP contribution is 2.51. The van der Waals surface area contributed by atoms with Crippen molar-refractivity contribution in [2.45, 2.75) is 253 Å². The minimum atomic E-state index is -1.46. The van der Waals surface area contributed by atoms with Gasteiger partial charge in [0, 0.05) is 17.5 Å². The van der Waals surface area contributed by atoms with Crippen molar-refractivity contribution in [1.29, 1.82) is 0 Å². The van der Waals surface area contributed by atoms with Crippen LogP contribution >= 0.6 is 0 Å². The number of benzene rings is 3. The van der Waals surface area contributed by atoms with Gasteiger partial charge in [-0.25, -0.2) is 0 Å². The first kappa shape index (κ1) is 53.9. The van der Waals surface area contributed by atoms with Crippen molar-refractivity contribution >= 4 is 5.97 Å². The Hall–Kier alpha value is -3.47. The second-order valence-electron chi connectivity index (χ2n) is 23.3. The van der Waals surface area contributed by atoms with Crippen molar-refractivity contribution in [3.8, 4) is 17.2 Å². The summed E-state index contributed by atoms with van der Waals surface area (Å²) < 4.78 is 6.97. The lowest BCUT2D eigenvalue weighted by atomic mass is 9.74. The zero-order valence-corrected chi connectivity index (χ0v) is 43.1. The van der Waals surface area contributed by atoms with Crippen LogP contribution in [-0.4, -0.2) is 21.3 Å². The molecule has 5 nitrogen and oxygen atoms in total. The van der Waals surface area contributed by atoms with E-state index in [0.29, 0.717) is 29.7 Å². The summed E-state index contributed by atoms with van der Waals surface area (Å²) in [6.07, 6.45) is 21.0. The molecule has 0 aliphatic rings. The number of esters is 1. The number of aryl methyl sites for hydroxylation is 3. The molecule has 0 fully saturated rings. The number of hydrogen-bond donors (Lipinski definition) is 3. The number of unbranched alkanes of at least 4 members (excludes halogenated alkanes) is 15. The molecule has 0 aliphatic heterocycles. The van der Waals surface area contributed by atoms with Gasteiger partial charge in [-0.15, -0.1) is 0 Å². The maximum atomic E-state index is 14.7. The highest BCUT2D eigenvalue weighted by Gasteiger charge is 2.45. The van der Waals surface area contributed by atoms with Gasteiger partial charge >= 0.3 is 5.97 Å². The van der Waals surface area contributed by atoms with Gasteiger partial charge in [-0.3, -0.25) is 4.79 Å². The summed E-state index contributed by atoms with van der Waals surface area (Å²) >= 11 is 0. The van der Waals surface area contributed by atoms with Crippen molar-refractivity contribution in [1.82, 2.24) is 0 Å². The monoisotopic (exact) mass is 869 g/mol. The molecule has 3 rings (SSSR count). The normalized spacial score (nSPS) is 12.9. The number of carbonyl (C=O) groups is 1. The summed E-state index contributed by atoms with van der Waals surface area (Å²) in [7, 11) is 0. The summed E-state index contributed by atoms with van der Waals surface area (Å²) in [6.45, 7) is 31.5. The number of rotatable bonds is 23. The van der Waals surface area contributed by atoms with Crippen molar-refractivity contribution < 1.29 is 24.9 Å². The van der Waals surface area contributed by atoms with Gasteiger partial charge in [0.05, 0.1) is 0 Å². The molecule has 63 heavy (non-hydrogen) atoms. The molecule has 3 aromatic carbocycles. The highest BCUT2D eigenvalue weighted by molar-refractivity contribution is 5.72. The lowest BCUT2D eigenvalue weighted by Crippen LogP contribution is -2.36. The standard InChI is InChI=1S/C58H92O5/c1-16-17-18-19-20-21-22-23-24-25-26-27-28-29-30-31-34-58(48-37-41(2)35-44(52(48)61)54(4,5)6,49-38-42(3)36-45(53(49)62)55(7,8)9)63-50(59)33-32-43-39-46(56(10,11)12)51(60)47(40-43)57(13,14)15/h35-40,60-62H,16-34H2,1-15H3. The van der Waals surface area contributed by atoms with Crippen molar-refractivity contribution in [2.75, 3.05) is 0 Å².